The van der Waals surface area contributed by atoms with Crippen molar-refractivity contribution in [1.82, 2.24) is 0 Å². The van der Waals surface area contributed by atoms with E-state index in [-0.39, 0.29) is 0 Å². The fourth-order valence-electron chi connectivity index (χ4n) is 2.16. The second-order valence-corrected chi connectivity index (χ2v) is 4.49. The van der Waals surface area contributed by atoms with Crippen LogP contribution in [0, 0.1) is 6.92 Å². The van der Waals surface area contributed by atoms with E-state index in [1.807, 2.05) is 18.2 Å². The van der Waals surface area contributed by atoms with Crippen LogP contribution in [0.2, 0.25) is 0 Å². The van der Waals surface area contributed by atoms with E-state index in [1.54, 1.807) is 0 Å². The van der Waals surface area contributed by atoms with E-state index in [1.165, 1.54) is 5.56 Å². The van der Waals surface area contributed by atoms with Gasteiger partial charge in [-0.25, -0.2) is 0 Å². The topological polar surface area (TPSA) is 20.2 Å². The van der Waals surface area contributed by atoms with Gasteiger partial charge in [0.25, 0.3) is 0 Å². The molecule has 0 aliphatic heterocycles. The minimum Gasteiger partial charge on any atom is -0.507 e. The maximum absolute atomic E-state index is 10.3. The third kappa shape index (κ3) is 1.67. The van der Waals surface area contributed by atoms with Gasteiger partial charge in [0.15, 0.2) is 0 Å². The maximum atomic E-state index is 10.3. The lowest BCUT2D eigenvalue weighted by molar-refractivity contribution is 0.468. The van der Waals surface area contributed by atoms with E-state index >= 15 is 0 Å². The van der Waals surface area contributed by atoms with E-state index < -0.39 is 0 Å². The number of aromatic hydroxyl groups is 1. The summed E-state index contributed by atoms with van der Waals surface area (Å²) in [6.45, 7) is 6.41. The third-order valence-corrected chi connectivity index (χ3v) is 3.40. The Balaban J connectivity index is 2.75. The molecule has 1 nitrogen and oxygen atoms in total. The number of benzene rings is 2. The molecule has 84 valence electrons. The zero-order valence-electron chi connectivity index (χ0n) is 10.1. The molecule has 0 amide bonds. The van der Waals surface area contributed by atoms with E-state index in [0.717, 1.165) is 22.8 Å². The summed E-state index contributed by atoms with van der Waals surface area (Å²) in [6.07, 6.45) is 1.05. The van der Waals surface area contributed by atoms with Gasteiger partial charge in [-0.15, -0.1) is 0 Å². The fraction of sp³-hybridized carbons (Fsp3) is 0.333. The molecule has 0 aliphatic rings. The van der Waals surface area contributed by atoms with Crippen LogP contribution in [0.4, 0.5) is 0 Å². The van der Waals surface area contributed by atoms with Crippen LogP contribution < -0.4 is 0 Å². The van der Waals surface area contributed by atoms with Crippen molar-refractivity contribution in [3.8, 4) is 5.75 Å². The molecule has 16 heavy (non-hydrogen) atoms. The van der Waals surface area contributed by atoms with Crippen LogP contribution in [-0.4, -0.2) is 5.11 Å². The molecule has 0 heterocycles. The van der Waals surface area contributed by atoms with Gasteiger partial charge in [-0.05, 0) is 35.8 Å². The highest BCUT2D eigenvalue weighted by molar-refractivity contribution is 5.92. The summed E-state index contributed by atoms with van der Waals surface area (Å²) in [6, 6.07) is 10.2. The number of rotatable bonds is 2. The van der Waals surface area contributed by atoms with Crippen molar-refractivity contribution in [2.75, 3.05) is 0 Å². The van der Waals surface area contributed by atoms with Crippen molar-refractivity contribution in [2.45, 2.75) is 33.1 Å². The van der Waals surface area contributed by atoms with Crippen molar-refractivity contribution in [3.63, 3.8) is 0 Å². The fourth-order valence-corrected chi connectivity index (χ4v) is 2.16. The molecule has 0 saturated heterocycles. The molecule has 1 unspecified atom stereocenters. The number of phenols is 1. The molecule has 0 fully saturated rings. The highest BCUT2D eigenvalue weighted by atomic mass is 16.3. The van der Waals surface area contributed by atoms with Crippen molar-refractivity contribution in [2.24, 2.45) is 0 Å². The summed E-state index contributed by atoms with van der Waals surface area (Å²) in [5.41, 5.74) is 2.31. The largest absolute Gasteiger partial charge is 0.507 e. The predicted molar refractivity (Wildman–Crippen MR) is 69.1 cm³/mol. The molecule has 1 atom stereocenters. The Bertz CT molecular complexity index is 514. The van der Waals surface area contributed by atoms with Gasteiger partial charge in [0.1, 0.15) is 5.75 Å². The van der Waals surface area contributed by atoms with Crippen molar-refractivity contribution >= 4 is 10.8 Å². The molecular formula is C15H18O. The standard InChI is InChI=1S/C15H18O/c1-4-10(2)14-9-11(3)12-7-5-6-8-13(12)15(14)16/h5-10,16H,4H2,1-3H3. The molecule has 0 aliphatic carbocycles. The Morgan fingerprint density at radius 2 is 1.81 bits per heavy atom. The molecule has 2 aromatic carbocycles. The predicted octanol–water partition coefficient (Wildman–Crippen LogP) is 4.37. The maximum Gasteiger partial charge on any atom is 0.126 e. The summed E-state index contributed by atoms with van der Waals surface area (Å²) in [5, 5.41) is 12.4. The summed E-state index contributed by atoms with van der Waals surface area (Å²) in [5.74, 6) is 0.860. The molecule has 0 aromatic heterocycles. The Labute approximate surface area is 96.7 Å². The van der Waals surface area contributed by atoms with Crippen LogP contribution in [0.5, 0.6) is 5.75 Å². The first-order chi connectivity index (χ1) is 7.65. The van der Waals surface area contributed by atoms with E-state index in [0.29, 0.717) is 11.7 Å². The number of phenolic OH excluding ortho intramolecular Hbond substituents is 1. The van der Waals surface area contributed by atoms with E-state index in [4.69, 9.17) is 0 Å². The minimum absolute atomic E-state index is 0.406. The second kappa shape index (κ2) is 4.17. The van der Waals surface area contributed by atoms with E-state index in [2.05, 4.69) is 32.9 Å². The Morgan fingerprint density at radius 1 is 1.19 bits per heavy atom. The molecule has 0 spiro atoms. The summed E-state index contributed by atoms with van der Waals surface area (Å²) >= 11 is 0. The first kappa shape index (κ1) is 11.0. The van der Waals surface area contributed by atoms with Crippen LogP contribution in [0.3, 0.4) is 0 Å². The Morgan fingerprint density at radius 3 is 2.44 bits per heavy atom. The summed E-state index contributed by atoms with van der Waals surface area (Å²) in [7, 11) is 0. The molecule has 2 aromatic rings. The molecular weight excluding hydrogens is 196 g/mol. The average Bonchev–Trinajstić information content (AvgIpc) is 2.33. The zero-order chi connectivity index (χ0) is 11.7. The van der Waals surface area contributed by atoms with Crippen LogP contribution in [0.25, 0.3) is 10.8 Å². The second-order valence-electron chi connectivity index (χ2n) is 4.49. The molecule has 2 rings (SSSR count). The van der Waals surface area contributed by atoms with Gasteiger partial charge in [-0.1, -0.05) is 44.2 Å². The minimum atomic E-state index is 0.406. The lowest BCUT2D eigenvalue weighted by Gasteiger charge is -2.15. The monoisotopic (exact) mass is 214 g/mol. The lowest BCUT2D eigenvalue weighted by Crippen LogP contribution is -1.94. The SMILES string of the molecule is CCC(C)c1cc(C)c2ccccc2c1O. The molecule has 1 heteroatoms. The average molecular weight is 214 g/mol. The number of hydrogen-bond donors (Lipinski definition) is 1. The van der Waals surface area contributed by atoms with Gasteiger partial charge in [-0.3, -0.25) is 0 Å². The lowest BCUT2D eigenvalue weighted by atomic mass is 9.92. The smallest absolute Gasteiger partial charge is 0.126 e. The van der Waals surface area contributed by atoms with Gasteiger partial charge < -0.3 is 5.11 Å². The van der Waals surface area contributed by atoms with Gasteiger partial charge in [-0.2, -0.15) is 0 Å². The van der Waals surface area contributed by atoms with Crippen LogP contribution >= 0.6 is 0 Å². The highest BCUT2D eigenvalue weighted by Crippen LogP contribution is 2.36. The number of fused-ring (bicyclic) bond motifs is 1. The van der Waals surface area contributed by atoms with Gasteiger partial charge in [0.05, 0.1) is 0 Å². The van der Waals surface area contributed by atoms with Crippen LogP contribution in [0.15, 0.2) is 30.3 Å². The summed E-state index contributed by atoms with van der Waals surface area (Å²) in [4.78, 5) is 0. The summed E-state index contributed by atoms with van der Waals surface area (Å²) < 4.78 is 0. The zero-order valence-corrected chi connectivity index (χ0v) is 10.1. The molecule has 0 bridgehead atoms. The highest BCUT2D eigenvalue weighted by Gasteiger charge is 2.13. The van der Waals surface area contributed by atoms with E-state index in [9.17, 15) is 5.11 Å². The number of aryl methyl sites for hydroxylation is 1. The van der Waals surface area contributed by atoms with Crippen molar-refractivity contribution in [3.05, 3.63) is 41.5 Å². The quantitative estimate of drug-likeness (QED) is 0.787. The first-order valence-electron chi connectivity index (χ1n) is 5.86. The van der Waals surface area contributed by atoms with Gasteiger partial charge >= 0.3 is 0 Å². The molecule has 0 radical (unpaired) electrons. The normalized spacial score (nSPS) is 12.9. The third-order valence-electron chi connectivity index (χ3n) is 3.40. The van der Waals surface area contributed by atoms with Gasteiger partial charge in [0, 0.05) is 5.39 Å². The van der Waals surface area contributed by atoms with Crippen molar-refractivity contribution in [1.29, 1.82) is 0 Å². The molecule has 0 saturated carbocycles. The Kier molecular flexibility index (Phi) is 2.86. The van der Waals surface area contributed by atoms with Crippen LogP contribution in [-0.2, 0) is 0 Å². The number of hydrogen-bond acceptors (Lipinski definition) is 1. The van der Waals surface area contributed by atoms with Gasteiger partial charge in [0.2, 0.25) is 0 Å². The Hall–Kier alpha value is -1.50. The van der Waals surface area contributed by atoms with Crippen LogP contribution in [0.1, 0.15) is 37.3 Å². The molecule has 1 N–H and O–H groups in total. The van der Waals surface area contributed by atoms with Crippen molar-refractivity contribution < 1.29 is 5.11 Å². The first-order valence-corrected chi connectivity index (χ1v) is 5.86.